The molecule has 2 aliphatic heterocycles. The minimum absolute atomic E-state index is 0.230. The zero-order valence-electron chi connectivity index (χ0n) is 13.3. The van der Waals surface area contributed by atoms with Gasteiger partial charge in [0.2, 0.25) is 5.91 Å². The van der Waals surface area contributed by atoms with E-state index in [4.69, 9.17) is 0 Å². The van der Waals surface area contributed by atoms with Gasteiger partial charge in [0.05, 0.1) is 11.1 Å². The number of aliphatic hydroxyl groups excluding tert-OH is 1. The van der Waals surface area contributed by atoms with E-state index in [9.17, 15) is 24.3 Å². The third-order valence-corrected chi connectivity index (χ3v) is 5.02. The first-order valence-corrected chi connectivity index (χ1v) is 8.27. The van der Waals surface area contributed by atoms with E-state index in [-0.39, 0.29) is 23.6 Å². The molecule has 1 aliphatic carbocycles. The number of benzene rings is 1. The van der Waals surface area contributed by atoms with E-state index in [1.807, 2.05) is 5.32 Å². The zero-order chi connectivity index (χ0) is 17.7. The zero-order valence-corrected chi connectivity index (χ0v) is 13.3. The Balaban J connectivity index is 1.67. The summed E-state index contributed by atoms with van der Waals surface area (Å²) in [7, 11) is 0. The molecule has 8 heteroatoms. The van der Waals surface area contributed by atoms with Gasteiger partial charge in [0, 0.05) is 18.2 Å². The molecule has 25 heavy (non-hydrogen) atoms. The number of rotatable bonds is 3. The number of nitrogens with one attached hydrogen (secondary N) is 2. The minimum Gasteiger partial charge on any atom is -0.383 e. The van der Waals surface area contributed by atoms with Crippen LogP contribution in [0.15, 0.2) is 18.2 Å². The highest BCUT2D eigenvalue weighted by Crippen LogP contribution is 2.34. The van der Waals surface area contributed by atoms with Crippen LogP contribution in [0.1, 0.15) is 46.4 Å². The molecule has 3 aliphatic rings. The van der Waals surface area contributed by atoms with E-state index in [0.717, 1.165) is 24.2 Å². The van der Waals surface area contributed by atoms with Crippen LogP contribution in [0.25, 0.3) is 0 Å². The summed E-state index contributed by atoms with van der Waals surface area (Å²) in [6, 6.07) is 4.06. The number of fused-ring (bicyclic) bond motifs is 1. The fourth-order valence-corrected chi connectivity index (χ4v) is 3.42. The van der Waals surface area contributed by atoms with Crippen LogP contribution in [0, 0.1) is 0 Å². The summed E-state index contributed by atoms with van der Waals surface area (Å²) in [6.45, 7) is 0. The monoisotopic (exact) mass is 343 g/mol. The predicted molar refractivity (Wildman–Crippen MR) is 85.8 cm³/mol. The van der Waals surface area contributed by atoms with Gasteiger partial charge in [0.15, 0.2) is 0 Å². The number of piperidine rings is 1. The lowest BCUT2D eigenvalue weighted by Gasteiger charge is -2.30. The van der Waals surface area contributed by atoms with Gasteiger partial charge in [-0.05, 0) is 31.4 Å². The topological polar surface area (TPSA) is 116 Å². The molecule has 2 heterocycles. The second-order valence-corrected chi connectivity index (χ2v) is 6.60. The van der Waals surface area contributed by atoms with Gasteiger partial charge in [-0.25, -0.2) is 0 Å². The van der Waals surface area contributed by atoms with Crippen molar-refractivity contribution in [1.82, 2.24) is 10.2 Å². The largest absolute Gasteiger partial charge is 0.383 e. The van der Waals surface area contributed by atoms with E-state index in [1.165, 1.54) is 0 Å². The first kappa shape index (κ1) is 15.8. The highest BCUT2D eigenvalue weighted by molar-refractivity contribution is 6.25. The fourth-order valence-electron chi connectivity index (χ4n) is 3.42. The molecular weight excluding hydrogens is 326 g/mol. The molecule has 4 rings (SSSR count). The van der Waals surface area contributed by atoms with Crippen molar-refractivity contribution in [2.75, 3.05) is 5.32 Å². The molecule has 1 saturated heterocycles. The van der Waals surface area contributed by atoms with Crippen LogP contribution in [-0.4, -0.2) is 51.8 Å². The molecule has 0 spiro atoms. The average molecular weight is 343 g/mol. The Kier molecular flexibility index (Phi) is 3.57. The van der Waals surface area contributed by atoms with Crippen LogP contribution in [0.5, 0.6) is 0 Å². The summed E-state index contributed by atoms with van der Waals surface area (Å²) in [5, 5.41) is 15.0. The van der Waals surface area contributed by atoms with E-state index in [0.29, 0.717) is 5.69 Å². The standard InChI is InChI=1S/C17H17N3O5/c21-12-7-11(14(22)19-15(12)23)20-16(24)9-5-2-6-10(13(9)17(20)25)18-8-3-1-4-8/h2,5-6,8,11-12,18,21H,1,3-4,7H2,(H,19,22,23). The highest BCUT2D eigenvalue weighted by Gasteiger charge is 2.47. The Morgan fingerprint density at radius 1 is 1.08 bits per heavy atom. The summed E-state index contributed by atoms with van der Waals surface area (Å²) < 4.78 is 0. The molecule has 1 aromatic rings. The van der Waals surface area contributed by atoms with E-state index < -0.39 is 35.8 Å². The first-order chi connectivity index (χ1) is 12.0. The molecule has 8 nitrogen and oxygen atoms in total. The lowest BCUT2D eigenvalue weighted by molar-refractivity contribution is -0.143. The van der Waals surface area contributed by atoms with Crippen LogP contribution in [0.4, 0.5) is 5.69 Å². The molecule has 1 saturated carbocycles. The highest BCUT2D eigenvalue weighted by atomic mass is 16.3. The molecule has 0 bridgehead atoms. The molecule has 0 radical (unpaired) electrons. The van der Waals surface area contributed by atoms with E-state index in [2.05, 4.69) is 5.32 Å². The molecule has 3 N–H and O–H groups in total. The number of amides is 4. The van der Waals surface area contributed by atoms with Gasteiger partial charge in [-0.15, -0.1) is 0 Å². The summed E-state index contributed by atoms with van der Waals surface area (Å²) in [5.41, 5.74) is 1.06. The van der Waals surface area contributed by atoms with Crippen LogP contribution < -0.4 is 10.6 Å². The first-order valence-electron chi connectivity index (χ1n) is 8.27. The number of imide groups is 2. The Morgan fingerprint density at radius 3 is 2.52 bits per heavy atom. The molecule has 2 fully saturated rings. The lowest BCUT2D eigenvalue weighted by atomic mass is 9.92. The number of anilines is 1. The number of carbonyl (C=O) groups is 4. The van der Waals surface area contributed by atoms with Crippen molar-refractivity contribution < 1.29 is 24.3 Å². The lowest BCUT2D eigenvalue weighted by Crippen LogP contribution is -2.58. The van der Waals surface area contributed by atoms with Crippen molar-refractivity contribution in [2.24, 2.45) is 0 Å². The molecule has 1 aromatic carbocycles. The molecule has 0 aromatic heterocycles. The maximum Gasteiger partial charge on any atom is 0.264 e. The van der Waals surface area contributed by atoms with Crippen molar-refractivity contribution in [2.45, 2.75) is 43.9 Å². The molecule has 130 valence electrons. The van der Waals surface area contributed by atoms with Crippen LogP contribution in [0.3, 0.4) is 0 Å². The quantitative estimate of drug-likeness (QED) is 0.667. The van der Waals surface area contributed by atoms with Crippen molar-refractivity contribution in [3.8, 4) is 0 Å². The van der Waals surface area contributed by atoms with Gasteiger partial charge in [-0.3, -0.25) is 29.4 Å². The van der Waals surface area contributed by atoms with Crippen LogP contribution >= 0.6 is 0 Å². The van der Waals surface area contributed by atoms with Gasteiger partial charge in [0.1, 0.15) is 12.1 Å². The summed E-state index contributed by atoms with van der Waals surface area (Å²) in [4.78, 5) is 49.9. The number of carbonyl (C=O) groups excluding carboxylic acids is 4. The maximum atomic E-state index is 12.9. The van der Waals surface area contributed by atoms with Gasteiger partial charge < -0.3 is 10.4 Å². The van der Waals surface area contributed by atoms with E-state index >= 15 is 0 Å². The average Bonchev–Trinajstić information content (AvgIpc) is 2.79. The smallest absolute Gasteiger partial charge is 0.264 e. The molecule has 2 atom stereocenters. The van der Waals surface area contributed by atoms with Crippen molar-refractivity contribution >= 4 is 29.3 Å². The Labute approximate surface area is 143 Å². The maximum absolute atomic E-state index is 12.9. The predicted octanol–water partition coefficient (Wildman–Crippen LogP) is 0.0230. The summed E-state index contributed by atoms with van der Waals surface area (Å²) in [6.07, 6.45) is 1.42. The second kappa shape index (κ2) is 5.66. The van der Waals surface area contributed by atoms with Gasteiger partial charge in [-0.2, -0.15) is 0 Å². The SMILES string of the molecule is O=C1NC(=O)C(N2C(=O)c3cccc(NC4CCC4)c3C2=O)CC1O. The third kappa shape index (κ3) is 2.41. The van der Waals surface area contributed by atoms with E-state index in [1.54, 1.807) is 18.2 Å². The molecule has 4 amide bonds. The molecule has 2 unspecified atom stereocenters. The molecular formula is C17H17N3O5. The normalized spacial score (nSPS) is 26.4. The van der Waals surface area contributed by atoms with Crippen molar-refractivity contribution in [3.63, 3.8) is 0 Å². The summed E-state index contributed by atoms with van der Waals surface area (Å²) in [5.74, 6) is -2.73. The summed E-state index contributed by atoms with van der Waals surface area (Å²) >= 11 is 0. The van der Waals surface area contributed by atoms with Crippen molar-refractivity contribution in [1.29, 1.82) is 0 Å². The van der Waals surface area contributed by atoms with Crippen molar-refractivity contribution in [3.05, 3.63) is 29.3 Å². The Bertz CT molecular complexity index is 801. The Morgan fingerprint density at radius 2 is 1.84 bits per heavy atom. The van der Waals surface area contributed by atoms with Crippen LogP contribution in [-0.2, 0) is 9.59 Å². The Hall–Kier alpha value is -2.74. The third-order valence-electron chi connectivity index (χ3n) is 5.02. The fraction of sp³-hybridized carbons (Fsp3) is 0.412. The minimum atomic E-state index is -1.43. The number of hydrogen-bond acceptors (Lipinski definition) is 6. The number of hydrogen-bond donors (Lipinski definition) is 3. The van der Waals surface area contributed by atoms with Gasteiger partial charge in [0.25, 0.3) is 17.7 Å². The number of nitrogens with zero attached hydrogens (tertiary/aromatic N) is 1. The van der Waals surface area contributed by atoms with Gasteiger partial charge >= 0.3 is 0 Å². The second-order valence-electron chi connectivity index (χ2n) is 6.60. The van der Waals surface area contributed by atoms with Gasteiger partial charge in [-0.1, -0.05) is 6.07 Å². The van der Waals surface area contributed by atoms with Crippen LogP contribution in [0.2, 0.25) is 0 Å². The number of aliphatic hydroxyl groups is 1.